The molecule has 3 saturated heterocycles. The van der Waals surface area contributed by atoms with Crippen LogP contribution in [-0.2, 0) is 33.6 Å². The van der Waals surface area contributed by atoms with E-state index in [2.05, 4.69) is 20.4 Å². The number of carbonyl (C=O) groups excluding carboxylic acids is 7. The number of fused-ring (bicyclic) bond motifs is 3. The molecule has 1 saturated carbocycles. The van der Waals surface area contributed by atoms with Crippen molar-refractivity contribution in [2.75, 3.05) is 13.1 Å². The standard InChI is InChI=1S/C43H66N2O7/c1-9-10-20-33(47)39(51)28-18-16-14-12-11-13-15-17-19-29(40(52)45-27-32-37(43(32,7)8)38(45)34(48)22-28)21-31(46)23-30(41(2,3)4)26-44-35(49)24-42(5,6)25-36(44)50/h9,28-30,32,37-38H,1,10-27H2,2-8H3/t28-,29-,30-,32+,37+,38-/m1/s1. The Morgan fingerprint density at radius 2 is 1.46 bits per heavy atom. The topological polar surface area (TPSA) is 126 Å². The summed E-state index contributed by atoms with van der Waals surface area (Å²) in [6.45, 7) is 18.5. The second kappa shape index (κ2) is 17.0. The van der Waals surface area contributed by atoms with Crippen LogP contribution >= 0.6 is 0 Å². The van der Waals surface area contributed by atoms with Gasteiger partial charge in [-0.05, 0) is 53.3 Å². The molecule has 6 atom stereocenters. The number of ketones is 4. The van der Waals surface area contributed by atoms with Crippen molar-refractivity contribution in [3.63, 3.8) is 0 Å². The van der Waals surface area contributed by atoms with E-state index >= 15 is 0 Å². The zero-order valence-electron chi connectivity index (χ0n) is 33.2. The number of rotatable bonds is 11. The van der Waals surface area contributed by atoms with E-state index in [-0.39, 0.29) is 108 Å². The van der Waals surface area contributed by atoms with Crippen LogP contribution in [0.2, 0.25) is 0 Å². The quantitative estimate of drug-likeness (QED) is 0.123. The first-order valence-electron chi connectivity index (χ1n) is 20.1. The predicted molar refractivity (Wildman–Crippen MR) is 201 cm³/mol. The van der Waals surface area contributed by atoms with Gasteiger partial charge in [0.1, 0.15) is 5.78 Å². The lowest BCUT2D eigenvalue weighted by Crippen LogP contribution is -2.50. The minimum absolute atomic E-state index is 0.0127. The van der Waals surface area contributed by atoms with Crippen molar-refractivity contribution < 1.29 is 33.6 Å². The zero-order valence-corrected chi connectivity index (χ0v) is 33.2. The summed E-state index contributed by atoms with van der Waals surface area (Å²) in [5, 5.41) is 0. The molecule has 1 aliphatic carbocycles. The number of amides is 3. The Morgan fingerprint density at radius 1 is 0.885 bits per heavy atom. The Labute approximate surface area is 312 Å². The van der Waals surface area contributed by atoms with Crippen LogP contribution in [0.25, 0.3) is 0 Å². The number of allylic oxidation sites excluding steroid dienone is 1. The molecule has 0 radical (unpaired) electrons. The second-order valence-electron chi connectivity index (χ2n) is 19.0. The third kappa shape index (κ3) is 10.2. The first kappa shape index (κ1) is 41.8. The van der Waals surface area contributed by atoms with Gasteiger partial charge in [-0.2, -0.15) is 0 Å². The molecule has 4 aliphatic rings. The van der Waals surface area contributed by atoms with E-state index in [1.807, 2.05) is 34.6 Å². The Kier molecular flexibility index (Phi) is 13.7. The van der Waals surface area contributed by atoms with E-state index in [4.69, 9.17) is 0 Å². The molecule has 0 aromatic carbocycles. The van der Waals surface area contributed by atoms with E-state index in [0.717, 1.165) is 44.9 Å². The molecule has 9 nitrogen and oxygen atoms in total. The number of Topliss-reactive ketones (excluding diaryl/α,β-unsaturated/α-hetero) is 4. The van der Waals surface area contributed by atoms with Crippen molar-refractivity contribution in [3.8, 4) is 0 Å². The molecule has 3 amide bonds. The van der Waals surface area contributed by atoms with Crippen molar-refractivity contribution in [2.24, 2.45) is 45.8 Å². The summed E-state index contributed by atoms with van der Waals surface area (Å²) >= 11 is 0. The van der Waals surface area contributed by atoms with E-state index in [9.17, 15) is 33.6 Å². The van der Waals surface area contributed by atoms with Gasteiger partial charge in [0.25, 0.3) is 0 Å². The molecule has 0 spiro atoms. The summed E-state index contributed by atoms with van der Waals surface area (Å²) in [7, 11) is 0. The molecular formula is C43H66N2O7. The molecular weight excluding hydrogens is 656 g/mol. The highest BCUT2D eigenvalue weighted by atomic mass is 16.2. The van der Waals surface area contributed by atoms with Gasteiger partial charge in [-0.25, -0.2) is 0 Å². The lowest BCUT2D eigenvalue weighted by Gasteiger charge is -2.39. The van der Waals surface area contributed by atoms with Crippen LogP contribution in [0.5, 0.6) is 0 Å². The van der Waals surface area contributed by atoms with Crippen molar-refractivity contribution in [1.82, 2.24) is 9.80 Å². The molecule has 0 aromatic rings. The summed E-state index contributed by atoms with van der Waals surface area (Å²) in [4.78, 5) is 98.2. The number of hydrogen-bond acceptors (Lipinski definition) is 7. The van der Waals surface area contributed by atoms with Crippen molar-refractivity contribution >= 4 is 40.9 Å². The summed E-state index contributed by atoms with van der Waals surface area (Å²) < 4.78 is 0. The van der Waals surface area contributed by atoms with Gasteiger partial charge in [0.2, 0.25) is 23.5 Å². The molecule has 4 fully saturated rings. The van der Waals surface area contributed by atoms with Gasteiger partial charge in [0.15, 0.2) is 11.6 Å². The molecule has 3 heterocycles. The highest BCUT2D eigenvalue weighted by Crippen LogP contribution is 2.65. The van der Waals surface area contributed by atoms with Gasteiger partial charge in [0.05, 0.1) is 6.04 Å². The zero-order chi connectivity index (χ0) is 38.6. The Morgan fingerprint density at radius 3 is 2.04 bits per heavy atom. The molecule has 0 unspecified atom stereocenters. The molecule has 0 bridgehead atoms. The first-order chi connectivity index (χ1) is 24.3. The fourth-order valence-corrected chi connectivity index (χ4v) is 9.28. The molecule has 4 rings (SSSR count). The molecule has 9 heteroatoms. The average Bonchev–Trinajstić information content (AvgIpc) is 3.35. The fraction of sp³-hybridized carbons (Fsp3) is 0.791. The third-order valence-corrected chi connectivity index (χ3v) is 12.9. The van der Waals surface area contributed by atoms with E-state index in [0.29, 0.717) is 25.8 Å². The maximum atomic E-state index is 14.6. The molecule has 0 N–H and O–H groups in total. The van der Waals surface area contributed by atoms with Crippen molar-refractivity contribution in [1.29, 1.82) is 0 Å². The highest BCUT2D eigenvalue weighted by Gasteiger charge is 2.69. The minimum atomic E-state index is -0.688. The summed E-state index contributed by atoms with van der Waals surface area (Å²) in [6, 6.07) is -0.667. The predicted octanol–water partition coefficient (Wildman–Crippen LogP) is 7.48. The number of imide groups is 1. The van der Waals surface area contributed by atoms with E-state index in [1.165, 1.54) is 4.90 Å². The van der Waals surface area contributed by atoms with Crippen LogP contribution in [0.3, 0.4) is 0 Å². The summed E-state index contributed by atoms with van der Waals surface area (Å²) in [6.07, 6.45) is 10.4. The smallest absolute Gasteiger partial charge is 0.229 e. The second-order valence-corrected chi connectivity index (χ2v) is 19.0. The van der Waals surface area contributed by atoms with Gasteiger partial charge >= 0.3 is 0 Å². The largest absolute Gasteiger partial charge is 0.332 e. The minimum Gasteiger partial charge on any atom is -0.332 e. The monoisotopic (exact) mass is 722 g/mol. The van der Waals surface area contributed by atoms with Crippen molar-refractivity contribution in [3.05, 3.63) is 12.7 Å². The van der Waals surface area contributed by atoms with Gasteiger partial charge in [-0.15, -0.1) is 6.58 Å². The maximum Gasteiger partial charge on any atom is 0.229 e. The van der Waals surface area contributed by atoms with Crippen LogP contribution in [0.1, 0.15) is 151 Å². The van der Waals surface area contributed by atoms with Crippen LogP contribution in [-0.4, -0.2) is 69.8 Å². The summed E-state index contributed by atoms with van der Waals surface area (Å²) in [5.41, 5.74) is -0.860. The number of hydrogen-bond donors (Lipinski definition) is 0. The lowest BCUT2D eigenvalue weighted by atomic mass is 9.75. The Bertz CT molecular complexity index is 1380. The SMILES string of the molecule is C=CCCC(=O)C(=O)[C@@H]1CCCCCCCCC[C@H](CC(=O)C[C@H](CN2C(=O)CC(C)(C)CC2=O)C(C)(C)C)C(=O)N2C[C@H]3[C@@H]([C@H]2C(=O)C1)C3(C)C. The number of carbonyl (C=O) groups is 7. The Balaban J connectivity index is 1.55. The van der Waals surface area contributed by atoms with Crippen molar-refractivity contribution in [2.45, 2.75) is 157 Å². The molecule has 52 heavy (non-hydrogen) atoms. The fourth-order valence-electron chi connectivity index (χ4n) is 9.28. The Hall–Kier alpha value is -2.97. The van der Waals surface area contributed by atoms with Crippen LogP contribution in [0.15, 0.2) is 12.7 Å². The number of likely N-dealkylation sites (tertiary alicyclic amines) is 1. The lowest BCUT2D eigenvalue weighted by molar-refractivity contribution is -0.154. The first-order valence-corrected chi connectivity index (χ1v) is 20.1. The van der Waals surface area contributed by atoms with Gasteiger partial charge in [-0.3, -0.25) is 38.5 Å². The van der Waals surface area contributed by atoms with Crippen LogP contribution in [0, 0.1) is 45.8 Å². The number of piperidine rings is 2. The van der Waals surface area contributed by atoms with E-state index in [1.54, 1.807) is 11.0 Å². The normalized spacial score (nSPS) is 29.2. The molecule has 3 aliphatic heterocycles. The van der Waals surface area contributed by atoms with Crippen LogP contribution < -0.4 is 0 Å². The summed E-state index contributed by atoms with van der Waals surface area (Å²) in [5.74, 6) is -3.10. The van der Waals surface area contributed by atoms with E-state index < -0.39 is 29.4 Å². The molecule has 0 aromatic heterocycles. The average molecular weight is 723 g/mol. The van der Waals surface area contributed by atoms with Gasteiger partial charge in [0, 0.05) is 63.5 Å². The van der Waals surface area contributed by atoms with Gasteiger partial charge < -0.3 is 4.90 Å². The van der Waals surface area contributed by atoms with Gasteiger partial charge in [-0.1, -0.05) is 99.5 Å². The van der Waals surface area contributed by atoms with Crippen LogP contribution in [0.4, 0.5) is 0 Å². The molecule has 290 valence electrons. The highest BCUT2D eigenvalue weighted by molar-refractivity contribution is 6.38. The third-order valence-electron chi connectivity index (χ3n) is 12.9. The number of nitrogens with zero attached hydrogens (tertiary/aromatic N) is 2. The maximum absolute atomic E-state index is 14.6.